The molecule has 6 nitrogen and oxygen atoms in total. The molecular weight excluding hydrogens is 388 g/mol. The van der Waals surface area contributed by atoms with Gasteiger partial charge in [0, 0.05) is 38.8 Å². The number of methoxy groups -OCH3 is 1. The van der Waals surface area contributed by atoms with Crippen LogP contribution in [0.4, 0.5) is 0 Å². The normalized spacial score (nSPS) is 19.7. The third-order valence-corrected chi connectivity index (χ3v) is 5.79. The molecule has 1 aliphatic rings. The van der Waals surface area contributed by atoms with Crippen molar-refractivity contribution in [1.29, 1.82) is 0 Å². The van der Waals surface area contributed by atoms with E-state index in [1.165, 1.54) is 5.56 Å². The summed E-state index contributed by atoms with van der Waals surface area (Å²) in [4.78, 5) is 6.99. The molecule has 0 spiro atoms. The number of piperidine rings is 1. The summed E-state index contributed by atoms with van der Waals surface area (Å²) in [5.74, 6) is 2.36. The van der Waals surface area contributed by atoms with Gasteiger partial charge in [-0.2, -0.15) is 0 Å². The first-order valence-electron chi connectivity index (χ1n) is 11.2. The van der Waals surface area contributed by atoms with E-state index >= 15 is 0 Å². The number of ether oxygens (including phenoxy) is 2. The van der Waals surface area contributed by atoms with E-state index in [1.807, 2.05) is 26.1 Å². The summed E-state index contributed by atoms with van der Waals surface area (Å²) in [7, 11) is 3.49. The molecule has 0 aliphatic carbocycles. The van der Waals surface area contributed by atoms with Gasteiger partial charge in [0.05, 0.1) is 13.7 Å². The van der Waals surface area contributed by atoms with Crippen molar-refractivity contribution >= 4 is 5.96 Å². The molecule has 0 aromatic heterocycles. The summed E-state index contributed by atoms with van der Waals surface area (Å²) in [6.45, 7) is 7.68. The molecular formula is C25H36N4O2. The average Bonchev–Trinajstić information content (AvgIpc) is 2.80. The van der Waals surface area contributed by atoms with Crippen LogP contribution in [-0.4, -0.2) is 50.3 Å². The summed E-state index contributed by atoms with van der Waals surface area (Å²) < 4.78 is 11.1. The molecule has 2 N–H and O–H groups in total. The van der Waals surface area contributed by atoms with Gasteiger partial charge in [0.1, 0.15) is 0 Å². The first kappa shape index (κ1) is 22.9. The third kappa shape index (κ3) is 6.62. The topological polar surface area (TPSA) is 58.1 Å². The number of hydrogen-bond acceptors (Lipinski definition) is 4. The highest BCUT2D eigenvalue weighted by Crippen LogP contribution is 2.28. The molecule has 168 valence electrons. The highest BCUT2D eigenvalue weighted by Gasteiger charge is 2.26. The Hall–Kier alpha value is -2.73. The molecule has 1 saturated heterocycles. The van der Waals surface area contributed by atoms with E-state index in [4.69, 9.17) is 9.47 Å². The van der Waals surface area contributed by atoms with Crippen LogP contribution in [0.1, 0.15) is 37.8 Å². The first-order valence-corrected chi connectivity index (χ1v) is 11.2. The number of nitrogens with zero attached hydrogens (tertiary/aromatic N) is 2. The van der Waals surface area contributed by atoms with E-state index in [1.54, 1.807) is 7.11 Å². The van der Waals surface area contributed by atoms with Crippen LogP contribution in [0, 0.1) is 0 Å². The van der Waals surface area contributed by atoms with Gasteiger partial charge in [-0.25, -0.2) is 0 Å². The minimum Gasteiger partial charge on any atom is -0.493 e. The second-order valence-electron chi connectivity index (χ2n) is 8.01. The fourth-order valence-corrected chi connectivity index (χ4v) is 4.08. The van der Waals surface area contributed by atoms with Crippen LogP contribution < -0.4 is 20.1 Å². The zero-order valence-corrected chi connectivity index (χ0v) is 19.2. The number of benzene rings is 2. The lowest BCUT2D eigenvalue weighted by Crippen LogP contribution is -2.51. The van der Waals surface area contributed by atoms with E-state index in [0.29, 0.717) is 25.2 Å². The van der Waals surface area contributed by atoms with Gasteiger partial charge in [-0.3, -0.25) is 9.89 Å². The fourth-order valence-electron chi connectivity index (χ4n) is 4.08. The van der Waals surface area contributed by atoms with Crippen LogP contribution in [0.15, 0.2) is 53.5 Å². The summed E-state index contributed by atoms with van der Waals surface area (Å²) in [6, 6.07) is 17.7. The van der Waals surface area contributed by atoms with Gasteiger partial charge in [-0.15, -0.1) is 0 Å². The van der Waals surface area contributed by atoms with Crippen LogP contribution in [-0.2, 0) is 13.1 Å². The standard InChI is InChI=1S/C25H36N4O2/c1-5-31-23-12-11-21(16-24(23)30-4)17-27-25(26-3)28-22-13-14-29(19(2)15-22)18-20-9-7-6-8-10-20/h6-12,16,19,22H,5,13-15,17-18H2,1-4H3,(H2,26,27,28). The first-order chi connectivity index (χ1) is 15.1. The molecule has 2 atom stereocenters. The van der Waals surface area contributed by atoms with E-state index in [0.717, 1.165) is 49.0 Å². The number of hydrogen-bond donors (Lipinski definition) is 2. The van der Waals surface area contributed by atoms with Gasteiger partial charge in [-0.05, 0) is 49.9 Å². The maximum absolute atomic E-state index is 5.60. The molecule has 1 fully saturated rings. The van der Waals surface area contributed by atoms with Crippen LogP contribution in [0.2, 0.25) is 0 Å². The maximum Gasteiger partial charge on any atom is 0.191 e. The van der Waals surface area contributed by atoms with Crippen LogP contribution in [0.25, 0.3) is 0 Å². The van der Waals surface area contributed by atoms with Gasteiger partial charge in [0.15, 0.2) is 17.5 Å². The highest BCUT2D eigenvalue weighted by molar-refractivity contribution is 5.80. The van der Waals surface area contributed by atoms with Crippen molar-refractivity contribution < 1.29 is 9.47 Å². The summed E-state index contributed by atoms with van der Waals surface area (Å²) in [5, 5.41) is 7.04. The number of guanidine groups is 1. The minimum absolute atomic E-state index is 0.420. The van der Waals surface area contributed by atoms with E-state index in [2.05, 4.69) is 63.8 Å². The van der Waals surface area contributed by atoms with Crippen molar-refractivity contribution in [3.05, 3.63) is 59.7 Å². The molecule has 31 heavy (non-hydrogen) atoms. The second-order valence-corrected chi connectivity index (χ2v) is 8.01. The molecule has 2 unspecified atom stereocenters. The van der Waals surface area contributed by atoms with Crippen molar-refractivity contribution in [2.75, 3.05) is 27.3 Å². The molecule has 1 heterocycles. The maximum atomic E-state index is 5.60. The molecule has 0 amide bonds. The Bertz CT molecular complexity index is 841. The van der Waals surface area contributed by atoms with Crippen molar-refractivity contribution in [2.24, 2.45) is 4.99 Å². The van der Waals surface area contributed by atoms with Crippen molar-refractivity contribution in [3.8, 4) is 11.5 Å². The molecule has 1 aliphatic heterocycles. The Morgan fingerprint density at radius 1 is 1.13 bits per heavy atom. The Morgan fingerprint density at radius 2 is 1.94 bits per heavy atom. The lowest BCUT2D eigenvalue weighted by Gasteiger charge is -2.38. The average molecular weight is 425 g/mol. The number of nitrogens with one attached hydrogen (secondary N) is 2. The lowest BCUT2D eigenvalue weighted by atomic mass is 9.97. The summed E-state index contributed by atoms with van der Waals surface area (Å²) >= 11 is 0. The second kappa shape index (κ2) is 11.6. The zero-order chi connectivity index (χ0) is 22.1. The smallest absolute Gasteiger partial charge is 0.191 e. The van der Waals surface area contributed by atoms with Crippen LogP contribution in [0.3, 0.4) is 0 Å². The van der Waals surface area contributed by atoms with E-state index < -0.39 is 0 Å². The predicted molar refractivity (Wildman–Crippen MR) is 127 cm³/mol. The molecule has 2 aromatic rings. The SMILES string of the molecule is CCOc1ccc(CNC(=NC)NC2CCN(Cc3ccccc3)C(C)C2)cc1OC. The van der Waals surface area contributed by atoms with Gasteiger partial charge in [0.25, 0.3) is 0 Å². The number of aliphatic imine (C=N–C) groups is 1. The Labute approximate surface area is 186 Å². The number of rotatable bonds is 8. The van der Waals surface area contributed by atoms with Crippen LogP contribution >= 0.6 is 0 Å². The predicted octanol–water partition coefficient (Wildman–Crippen LogP) is 3.81. The Balaban J connectivity index is 1.49. The monoisotopic (exact) mass is 424 g/mol. The van der Waals surface area contributed by atoms with Gasteiger partial charge in [0.2, 0.25) is 0 Å². The van der Waals surface area contributed by atoms with Crippen LogP contribution in [0.5, 0.6) is 11.5 Å². The van der Waals surface area contributed by atoms with Crippen molar-refractivity contribution in [2.45, 2.75) is 51.9 Å². The highest BCUT2D eigenvalue weighted by atomic mass is 16.5. The molecule has 6 heteroatoms. The van der Waals surface area contributed by atoms with Gasteiger partial charge >= 0.3 is 0 Å². The van der Waals surface area contributed by atoms with Gasteiger partial charge < -0.3 is 20.1 Å². The third-order valence-electron chi connectivity index (χ3n) is 5.79. The van der Waals surface area contributed by atoms with Crippen molar-refractivity contribution in [1.82, 2.24) is 15.5 Å². The molecule has 0 bridgehead atoms. The lowest BCUT2D eigenvalue weighted by molar-refractivity contribution is 0.134. The van der Waals surface area contributed by atoms with Gasteiger partial charge in [-0.1, -0.05) is 36.4 Å². The van der Waals surface area contributed by atoms with Crippen molar-refractivity contribution in [3.63, 3.8) is 0 Å². The zero-order valence-electron chi connectivity index (χ0n) is 19.2. The molecule has 0 radical (unpaired) electrons. The molecule has 3 rings (SSSR count). The Kier molecular flexibility index (Phi) is 8.59. The van der Waals surface area contributed by atoms with E-state index in [-0.39, 0.29) is 0 Å². The summed E-state index contributed by atoms with van der Waals surface area (Å²) in [5.41, 5.74) is 2.50. The molecule has 2 aromatic carbocycles. The molecule has 0 saturated carbocycles. The largest absolute Gasteiger partial charge is 0.493 e. The number of likely N-dealkylation sites (tertiary alicyclic amines) is 1. The fraction of sp³-hybridized carbons (Fsp3) is 0.480. The quantitative estimate of drug-likeness (QED) is 0.498. The minimum atomic E-state index is 0.420. The Morgan fingerprint density at radius 3 is 2.61 bits per heavy atom. The van der Waals surface area contributed by atoms with E-state index in [9.17, 15) is 0 Å². The summed E-state index contributed by atoms with van der Waals surface area (Å²) in [6.07, 6.45) is 2.21.